The van der Waals surface area contributed by atoms with Gasteiger partial charge in [-0.25, -0.2) is 4.79 Å². The Balaban J connectivity index is 1.84. The summed E-state index contributed by atoms with van der Waals surface area (Å²) >= 11 is 0. The molecule has 1 aliphatic heterocycles. The van der Waals surface area contributed by atoms with Crippen molar-refractivity contribution in [1.82, 2.24) is 20.1 Å². The van der Waals surface area contributed by atoms with Gasteiger partial charge in [0, 0.05) is 38.4 Å². The Labute approximate surface area is 138 Å². The number of carbonyl (C=O) groups excluding carboxylic acids is 1. The van der Waals surface area contributed by atoms with Crippen LogP contribution in [0.4, 0.5) is 4.79 Å². The van der Waals surface area contributed by atoms with Crippen molar-refractivity contribution in [2.45, 2.75) is 38.9 Å². The zero-order valence-corrected chi connectivity index (χ0v) is 14.5. The van der Waals surface area contributed by atoms with Gasteiger partial charge in [0.25, 0.3) is 0 Å². The van der Waals surface area contributed by atoms with Gasteiger partial charge in [-0.1, -0.05) is 6.07 Å². The zero-order chi connectivity index (χ0) is 16.8. The Morgan fingerprint density at radius 2 is 2.30 bits per heavy atom. The van der Waals surface area contributed by atoms with Crippen molar-refractivity contribution < 1.29 is 9.53 Å². The molecule has 1 fully saturated rings. The number of morpholine rings is 1. The average molecular weight is 320 g/mol. The molecular weight excluding hydrogens is 292 g/mol. The highest BCUT2D eigenvalue weighted by Gasteiger charge is 2.25. The molecule has 2 heterocycles. The molecule has 0 aromatic carbocycles. The minimum Gasteiger partial charge on any atom is -0.379 e. The summed E-state index contributed by atoms with van der Waals surface area (Å²) in [5.74, 6) is 0. The molecular formula is C17H28N4O2. The van der Waals surface area contributed by atoms with E-state index in [9.17, 15) is 4.79 Å². The number of urea groups is 1. The Morgan fingerprint density at radius 1 is 1.52 bits per heavy atom. The van der Waals surface area contributed by atoms with Gasteiger partial charge in [-0.2, -0.15) is 0 Å². The first-order valence-corrected chi connectivity index (χ1v) is 8.25. The SMILES string of the molecule is C[C@H](c1ccccn1)N(C)C(=O)NC[C@@H](C)N1CCOC[C@H]1C. The number of pyridine rings is 1. The maximum absolute atomic E-state index is 12.4. The van der Waals surface area contributed by atoms with Gasteiger partial charge in [0.2, 0.25) is 0 Å². The van der Waals surface area contributed by atoms with Crippen molar-refractivity contribution in [1.29, 1.82) is 0 Å². The van der Waals surface area contributed by atoms with Crippen LogP contribution in [0.5, 0.6) is 0 Å². The molecule has 0 spiro atoms. The second-order valence-electron chi connectivity index (χ2n) is 6.24. The summed E-state index contributed by atoms with van der Waals surface area (Å²) in [5.41, 5.74) is 0.889. The van der Waals surface area contributed by atoms with E-state index in [4.69, 9.17) is 4.74 Å². The van der Waals surface area contributed by atoms with Crippen LogP contribution in [0.2, 0.25) is 0 Å². The second-order valence-corrected chi connectivity index (χ2v) is 6.24. The number of hydrogen-bond acceptors (Lipinski definition) is 4. The normalized spacial score (nSPS) is 21.5. The number of ether oxygens (including phenoxy) is 1. The van der Waals surface area contributed by atoms with E-state index in [1.165, 1.54) is 0 Å². The van der Waals surface area contributed by atoms with Crippen LogP contribution in [0.3, 0.4) is 0 Å². The summed E-state index contributed by atoms with van der Waals surface area (Å²) in [6.07, 6.45) is 1.75. The molecule has 1 aliphatic rings. The molecule has 1 N–H and O–H groups in total. The molecule has 2 rings (SSSR count). The monoisotopic (exact) mass is 320 g/mol. The van der Waals surface area contributed by atoms with Crippen LogP contribution in [0, 0.1) is 0 Å². The second kappa shape index (κ2) is 8.26. The summed E-state index contributed by atoms with van der Waals surface area (Å²) < 4.78 is 5.46. The van der Waals surface area contributed by atoms with Gasteiger partial charge in [-0.05, 0) is 32.9 Å². The first-order valence-electron chi connectivity index (χ1n) is 8.25. The van der Waals surface area contributed by atoms with E-state index in [0.717, 1.165) is 25.5 Å². The summed E-state index contributed by atoms with van der Waals surface area (Å²) in [7, 11) is 1.80. The fraction of sp³-hybridized carbons (Fsp3) is 0.647. The number of nitrogens with one attached hydrogen (secondary N) is 1. The predicted molar refractivity (Wildman–Crippen MR) is 90.3 cm³/mol. The standard InChI is InChI=1S/C17H28N4O2/c1-13(21-9-10-23-12-14(21)2)11-19-17(22)20(4)15(3)16-7-5-6-8-18-16/h5-8,13-15H,9-12H2,1-4H3,(H,19,22)/t13-,14-,15-/m1/s1. The molecule has 0 saturated carbocycles. The number of aromatic nitrogens is 1. The molecule has 0 bridgehead atoms. The maximum Gasteiger partial charge on any atom is 0.317 e. The van der Waals surface area contributed by atoms with Gasteiger partial charge in [0.05, 0.1) is 24.9 Å². The smallest absolute Gasteiger partial charge is 0.317 e. The first kappa shape index (κ1) is 17.7. The summed E-state index contributed by atoms with van der Waals surface area (Å²) in [6, 6.07) is 6.29. The third kappa shape index (κ3) is 4.65. The van der Waals surface area contributed by atoms with Gasteiger partial charge in [-0.15, -0.1) is 0 Å². The van der Waals surface area contributed by atoms with Crippen LogP contribution in [0.1, 0.15) is 32.5 Å². The third-order valence-electron chi connectivity index (χ3n) is 4.55. The highest BCUT2D eigenvalue weighted by molar-refractivity contribution is 5.74. The molecule has 1 aromatic heterocycles. The van der Waals surface area contributed by atoms with E-state index in [0.29, 0.717) is 12.6 Å². The number of amides is 2. The molecule has 1 aromatic rings. The van der Waals surface area contributed by atoms with Gasteiger partial charge in [0.15, 0.2) is 0 Å². The molecule has 6 heteroatoms. The zero-order valence-electron chi connectivity index (χ0n) is 14.5. The molecule has 0 radical (unpaired) electrons. The van der Waals surface area contributed by atoms with Crippen LogP contribution >= 0.6 is 0 Å². The lowest BCUT2D eigenvalue weighted by molar-refractivity contribution is -0.0178. The molecule has 128 valence electrons. The lowest BCUT2D eigenvalue weighted by atomic mass is 10.2. The maximum atomic E-state index is 12.4. The number of nitrogens with zero attached hydrogens (tertiary/aromatic N) is 3. The van der Waals surface area contributed by atoms with E-state index in [1.54, 1.807) is 18.1 Å². The van der Waals surface area contributed by atoms with E-state index in [1.807, 2.05) is 25.1 Å². The predicted octanol–water partition coefficient (Wildman–Crippen LogP) is 1.89. The van der Waals surface area contributed by atoms with E-state index in [-0.39, 0.29) is 18.1 Å². The topological polar surface area (TPSA) is 57.7 Å². The Bertz CT molecular complexity index is 497. The molecule has 0 unspecified atom stereocenters. The van der Waals surface area contributed by atoms with Crippen molar-refractivity contribution in [3.05, 3.63) is 30.1 Å². The minimum absolute atomic E-state index is 0.0613. The van der Waals surface area contributed by atoms with E-state index >= 15 is 0 Å². The van der Waals surface area contributed by atoms with Gasteiger partial charge >= 0.3 is 6.03 Å². The van der Waals surface area contributed by atoms with Crippen molar-refractivity contribution in [3.8, 4) is 0 Å². The minimum atomic E-state index is -0.0732. The molecule has 3 atom stereocenters. The van der Waals surface area contributed by atoms with Crippen molar-refractivity contribution >= 4 is 6.03 Å². The van der Waals surface area contributed by atoms with Crippen LogP contribution in [-0.4, -0.2) is 66.2 Å². The number of carbonyl (C=O) groups is 1. The van der Waals surface area contributed by atoms with Crippen molar-refractivity contribution in [2.75, 3.05) is 33.4 Å². The van der Waals surface area contributed by atoms with Gasteiger partial charge in [-0.3, -0.25) is 9.88 Å². The molecule has 1 saturated heterocycles. The number of rotatable bonds is 5. The van der Waals surface area contributed by atoms with Gasteiger partial charge in [0.1, 0.15) is 0 Å². The van der Waals surface area contributed by atoms with Gasteiger partial charge < -0.3 is 15.0 Å². The lowest BCUT2D eigenvalue weighted by Crippen LogP contribution is -2.53. The van der Waals surface area contributed by atoms with E-state index in [2.05, 4.69) is 29.0 Å². The molecule has 0 aliphatic carbocycles. The summed E-state index contributed by atoms with van der Waals surface area (Å²) in [6.45, 7) is 9.35. The Kier molecular flexibility index (Phi) is 6.36. The lowest BCUT2D eigenvalue weighted by Gasteiger charge is -2.38. The molecule has 6 nitrogen and oxygen atoms in total. The van der Waals surface area contributed by atoms with Crippen LogP contribution < -0.4 is 5.32 Å². The molecule has 23 heavy (non-hydrogen) atoms. The number of hydrogen-bond donors (Lipinski definition) is 1. The largest absolute Gasteiger partial charge is 0.379 e. The Morgan fingerprint density at radius 3 is 2.96 bits per heavy atom. The summed E-state index contributed by atoms with van der Waals surface area (Å²) in [4.78, 5) is 20.8. The fourth-order valence-electron chi connectivity index (χ4n) is 2.87. The Hall–Kier alpha value is -1.66. The van der Waals surface area contributed by atoms with E-state index < -0.39 is 0 Å². The van der Waals surface area contributed by atoms with Crippen molar-refractivity contribution in [3.63, 3.8) is 0 Å². The summed E-state index contributed by atoms with van der Waals surface area (Å²) in [5, 5.41) is 3.03. The average Bonchev–Trinajstić information content (AvgIpc) is 2.59. The van der Waals surface area contributed by atoms with Crippen LogP contribution in [0.15, 0.2) is 24.4 Å². The quantitative estimate of drug-likeness (QED) is 0.900. The van der Waals surface area contributed by atoms with Crippen molar-refractivity contribution in [2.24, 2.45) is 0 Å². The highest BCUT2D eigenvalue weighted by atomic mass is 16.5. The van der Waals surface area contributed by atoms with Crippen LogP contribution in [0.25, 0.3) is 0 Å². The first-order chi connectivity index (χ1) is 11.0. The highest BCUT2D eigenvalue weighted by Crippen LogP contribution is 2.16. The third-order valence-corrected chi connectivity index (χ3v) is 4.55. The van der Waals surface area contributed by atoms with Crippen LogP contribution in [-0.2, 0) is 4.74 Å². The fourth-order valence-corrected chi connectivity index (χ4v) is 2.87. The molecule has 2 amide bonds.